The van der Waals surface area contributed by atoms with Gasteiger partial charge in [0, 0.05) is 29.1 Å². The van der Waals surface area contributed by atoms with Crippen molar-refractivity contribution in [3.05, 3.63) is 71.8 Å². The van der Waals surface area contributed by atoms with Gasteiger partial charge < -0.3 is 15.2 Å². The van der Waals surface area contributed by atoms with E-state index >= 15 is 0 Å². The van der Waals surface area contributed by atoms with Gasteiger partial charge in [-0.3, -0.25) is 4.79 Å². The summed E-state index contributed by atoms with van der Waals surface area (Å²) in [5.74, 6) is -0.222. The van der Waals surface area contributed by atoms with Crippen LogP contribution < -0.4 is 10.1 Å². The number of rotatable bonds is 2. The summed E-state index contributed by atoms with van der Waals surface area (Å²) in [7, 11) is 0. The summed E-state index contributed by atoms with van der Waals surface area (Å²) in [6.45, 7) is 0.190. The predicted molar refractivity (Wildman–Crippen MR) is 104 cm³/mol. The van der Waals surface area contributed by atoms with Crippen molar-refractivity contribution in [2.24, 2.45) is 0 Å². The van der Waals surface area contributed by atoms with Gasteiger partial charge in [-0.15, -0.1) is 0 Å². The molecule has 4 rings (SSSR count). The summed E-state index contributed by atoms with van der Waals surface area (Å²) in [6.07, 6.45) is -2.69. The van der Waals surface area contributed by atoms with Crippen molar-refractivity contribution in [3.8, 4) is 11.5 Å². The van der Waals surface area contributed by atoms with Crippen LogP contribution in [0, 0.1) is 0 Å². The van der Waals surface area contributed by atoms with Crippen LogP contribution in [-0.2, 0) is 11.0 Å². The third-order valence-electron chi connectivity index (χ3n) is 4.71. The van der Waals surface area contributed by atoms with Crippen LogP contribution in [0.4, 0.5) is 18.9 Å². The number of nitrogens with one attached hydrogen (secondary N) is 1. The highest BCUT2D eigenvalue weighted by molar-refractivity contribution is 6.09. The van der Waals surface area contributed by atoms with Gasteiger partial charge >= 0.3 is 6.18 Å². The fourth-order valence-corrected chi connectivity index (χ4v) is 3.34. The molecule has 0 unspecified atom stereocenters. The van der Waals surface area contributed by atoms with Crippen molar-refractivity contribution < 1.29 is 27.8 Å². The molecule has 0 aliphatic carbocycles. The zero-order chi connectivity index (χ0) is 20.6. The first-order valence-corrected chi connectivity index (χ1v) is 8.89. The molecule has 29 heavy (non-hydrogen) atoms. The highest BCUT2D eigenvalue weighted by Crippen LogP contribution is 2.38. The molecule has 4 nitrogen and oxygen atoms in total. The van der Waals surface area contributed by atoms with E-state index in [4.69, 9.17) is 4.74 Å². The van der Waals surface area contributed by atoms with E-state index in [0.717, 1.165) is 17.5 Å². The SMILES string of the molecule is O=C(/C=C1\CCOc2cc(C(F)(F)F)ccc21)Nc1cccc2ccc(O)cc12. The van der Waals surface area contributed by atoms with Crippen molar-refractivity contribution in [3.63, 3.8) is 0 Å². The van der Waals surface area contributed by atoms with Crippen molar-refractivity contribution in [2.75, 3.05) is 11.9 Å². The van der Waals surface area contributed by atoms with Crippen LogP contribution in [0.25, 0.3) is 16.3 Å². The van der Waals surface area contributed by atoms with Crippen LogP contribution >= 0.6 is 0 Å². The molecular weight excluding hydrogens is 383 g/mol. The standard InChI is InChI=1S/C22H16F3NO3/c23-22(24,25)15-5-7-17-14(8-9-29-20(17)11-15)10-21(28)26-19-3-1-2-13-4-6-16(27)12-18(13)19/h1-7,10-12,27H,8-9H2,(H,26,28)/b14-10+. The maximum absolute atomic E-state index is 12.9. The molecule has 0 radical (unpaired) electrons. The molecule has 0 saturated heterocycles. The third-order valence-corrected chi connectivity index (χ3v) is 4.71. The molecule has 1 amide bonds. The summed E-state index contributed by atoms with van der Waals surface area (Å²) in [6, 6.07) is 13.5. The Hall–Kier alpha value is -3.48. The molecule has 0 atom stereocenters. The lowest BCUT2D eigenvalue weighted by Crippen LogP contribution is -2.14. The Bertz CT molecular complexity index is 1140. The van der Waals surface area contributed by atoms with Gasteiger partial charge in [0.25, 0.3) is 0 Å². The molecule has 0 fully saturated rings. The van der Waals surface area contributed by atoms with Crippen LogP contribution in [0.3, 0.4) is 0 Å². The van der Waals surface area contributed by atoms with E-state index < -0.39 is 17.6 Å². The number of amides is 1. The first kappa shape index (κ1) is 18.9. The number of aromatic hydroxyl groups is 1. The number of fused-ring (bicyclic) bond motifs is 2. The van der Waals surface area contributed by atoms with Gasteiger partial charge in [-0.05, 0) is 41.3 Å². The highest BCUT2D eigenvalue weighted by Gasteiger charge is 2.32. The number of carbonyl (C=O) groups excluding carboxylic acids is 1. The molecule has 0 aromatic heterocycles. The van der Waals surface area contributed by atoms with Crippen LogP contribution in [0.15, 0.2) is 60.7 Å². The number of halogens is 3. The molecule has 0 saturated carbocycles. The van der Waals surface area contributed by atoms with Gasteiger partial charge in [0.2, 0.25) is 5.91 Å². The maximum atomic E-state index is 12.9. The maximum Gasteiger partial charge on any atom is 0.416 e. The molecule has 148 valence electrons. The molecule has 3 aromatic carbocycles. The molecule has 3 aromatic rings. The number of hydrogen-bond acceptors (Lipinski definition) is 3. The van der Waals surface area contributed by atoms with Crippen LogP contribution in [0.1, 0.15) is 17.5 Å². The molecule has 2 N–H and O–H groups in total. The van der Waals surface area contributed by atoms with Crippen molar-refractivity contribution in [1.29, 1.82) is 0 Å². The second kappa shape index (κ2) is 7.16. The molecule has 0 bridgehead atoms. The van der Waals surface area contributed by atoms with Gasteiger partial charge in [0.1, 0.15) is 11.5 Å². The van der Waals surface area contributed by atoms with Crippen molar-refractivity contribution in [2.45, 2.75) is 12.6 Å². The normalized spacial score (nSPS) is 15.1. The number of phenols is 1. The Morgan fingerprint density at radius 1 is 1.10 bits per heavy atom. The highest BCUT2D eigenvalue weighted by atomic mass is 19.4. The number of carbonyl (C=O) groups is 1. The van der Waals surface area contributed by atoms with E-state index in [1.54, 1.807) is 30.3 Å². The predicted octanol–water partition coefficient (Wildman–Crippen LogP) is 5.37. The lowest BCUT2D eigenvalue weighted by molar-refractivity contribution is -0.137. The Morgan fingerprint density at radius 3 is 2.72 bits per heavy atom. The van der Waals surface area contributed by atoms with E-state index in [1.165, 1.54) is 12.1 Å². The number of ether oxygens (including phenoxy) is 1. The Balaban J connectivity index is 1.63. The average Bonchev–Trinajstić information content (AvgIpc) is 2.67. The van der Waals surface area contributed by atoms with E-state index in [0.29, 0.717) is 28.6 Å². The van der Waals surface area contributed by atoms with Gasteiger partial charge in [-0.25, -0.2) is 0 Å². The van der Waals surface area contributed by atoms with Crippen molar-refractivity contribution >= 4 is 27.9 Å². The molecule has 1 aliphatic rings. The monoisotopic (exact) mass is 399 g/mol. The van der Waals surface area contributed by atoms with E-state index in [-0.39, 0.29) is 18.1 Å². The fourth-order valence-electron chi connectivity index (χ4n) is 3.34. The number of anilines is 1. The Kier molecular flexibility index (Phi) is 4.66. The Morgan fingerprint density at radius 2 is 1.93 bits per heavy atom. The second-order valence-electron chi connectivity index (χ2n) is 6.68. The van der Waals surface area contributed by atoms with E-state index in [1.807, 2.05) is 6.07 Å². The quantitative estimate of drug-likeness (QED) is 0.570. The zero-order valence-corrected chi connectivity index (χ0v) is 15.1. The minimum Gasteiger partial charge on any atom is -0.508 e. The lowest BCUT2D eigenvalue weighted by atomic mass is 9.97. The summed E-state index contributed by atoms with van der Waals surface area (Å²) in [5, 5.41) is 14.0. The number of benzene rings is 3. The number of phenolic OH excluding ortho intramolecular Hbond substituents is 1. The van der Waals surface area contributed by atoms with Crippen LogP contribution in [0.2, 0.25) is 0 Å². The topological polar surface area (TPSA) is 58.6 Å². The smallest absolute Gasteiger partial charge is 0.416 e. The lowest BCUT2D eigenvalue weighted by Gasteiger charge is -2.21. The summed E-state index contributed by atoms with van der Waals surface area (Å²) in [4.78, 5) is 12.6. The summed E-state index contributed by atoms with van der Waals surface area (Å²) in [5.41, 5.74) is 0.799. The molecule has 1 heterocycles. The zero-order valence-electron chi connectivity index (χ0n) is 15.1. The van der Waals surface area contributed by atoms with Crippen LogP contribution in [0.5, 0.6) is 11.5 Å². The second-order valence-corrected chi connectivity index (χ2v) is 6.68. The Labute approximate surface area is 164 Å². The molecule has 0 spiro atoms. The fraction of sp³-hybridized carbons (Fsp3) is 0.136. The van der Waals surface area contributed by atoms with Crippen molar-refractivity contribution in [1.82, 2.24) is 0 Å². The van der Waals surface area contributed by atoms with E-state index in [2.05, 4.69) is 5.32 Å². The van der Waals surface area contributed by atoms with Gasteiger partial charge in [-0.1, -0.05) is 24.3 Å². The minimum atomic E-state index is -4.46. The third kappa shape index (κ3) is 3.89. The summed E-state index contributed by atoms with van der Waals surface area (Å²) < 4.78 is 44.1. The van der Waals surface area contributed by atoms with Gasteiger partial charge in [-0.2, -0.15) is 13.2 Å². The largest absolute Gasteiger partial charge is 0.508 e. The minimum absolute atomic E-state index is 0.0800. The number of alkyl halides is 3. The van der Waals surface area contributed by atoms with Crippen LogP contribution in [-0.4, -0.2) is 17.6 Å². The first-order valence-electron chi connectivity index (χ1n) is 8.89. The average molecular weight is 399 g/mol. The molecule has 1 aliphatic heterocycles. The molecular formula is C22H16F3NO3. The van der Waals surface area contributed by atoms with Gasteiger partial charge in [0.05, 0.1) is 12.2 Å². The van der Waals surface area contributed by atoms with Gasteiger partial charge in [0.15, 0.2) is 0 Å². The molecule has 7 heteroatoms. The van der Waals surface area contributed by atoms with E-state index in [9.17, 15) is 23.1 Å². The number of hydrogen-bond donors (Lipinski definition) is 2. The summed E-state index contributed by atoms with van der Waals surface area (Å²) >= 11 is 0. The first-order chi connectivity index (χ1) is 13.8.